The molecule has 3 nitrogen and oxygen atoms in total. The maximum absolute atomic E-state index is 11.1. The molecule has 0 saturated carbocycles. The van der Waals surface area contributed by atoms with Gasteiger partial charge in [-0.1, -0.05) is 20.3 Å². The van der Waals surface area contributed by atoms with Crippen LogP contribution in [-0.2, 0) is 9.53 Å². The lowest BCUT2D eigenvalue weighted by Gasteiger charge is -2.27. The Hall–Kier alpha value is -0.570. The van der Waals surface area contributed by atoms with Crippen molar-refractivity contribution in [1.82, 2.24) is 0 Å². The van der Waals surface area contributed by atoms with Crippen molar-refractivity contribution in [2.75, 3.05) is 7.11 Å². The molecular weight excluding hydrogens is 142 g/mol. The first-order valence-electron chi connectivity index (χ1n) is 3.84. The Morgan fingerprint density at radius 2 is 2.18 bits per heavy atom. The molecule has 3 heteroatoms. The quantitative estimate of drug-likeness (QED) is 0.623. The molecule has 2 N–H and O–H groups in total. The van der Waals surface area contributed by atoms with E-state index < -0.39 is 5.54 Å². The Morgan fingerprint density at radius 1 is 1.73 bits per heavy atom. The first-order valence-corrected chi connectivity index (χ1v) is 3.84. The van der Waals surface area contributed by atoms with Crippen LogP contribution in [0, 0.1) is 5.92 Å². The maximum atomic E-state index is 11.1. The van der Waals surface area contributed by atoms with Crippen molar-refractivity contribution in [2.24, 2.45) is 11.7 Å². The second kappa shape index (κ2) is 3.72. The first-order chi connectivity index (χ1) is 4.96. The fraction of sp³-hybridized carbons (Fsp3) is 0.875. The third-order valence-electron chi connectivity index (χ3n) is 2.26. The molecule has 0 aromatic heterocycles. The van der Waals surface area contributed by atoms with Crippen molar-refractivity contribution in [1.29, 1.82) is 0 Å². The smallest absolute Gasteiger partial charge is 0.325 e. The van der Waals surface area contributed by atoms with Crippen molar-refractivity contribution in [3.8, 4) is 0 Å². The van der Waals surface area contributed by atoms with Crippen LogP contribution in [0.15, 0.2) is 0 Å². The van der Waals surface area contributed by atoms with Gasteiger partial charge in [0, 0.05) is 0 Å². The molecule has 11 heavy (non-hydrogen) atoms. The summed E-state index contributed by atoms with van der Waals surface area (Å²) in [6.07, 6.45) is 0.877. The molecule has 0 bridgehead atoms. The molecule has 0 radical (unpaired) electrons. The van der Waals surface area contributed by atoms with Crippen LogP contribution in [0.25, 0.3) is 0 Å². The molecule has 0 aromatic carbocycles. The Labute approximate surface area is 67.9 Å². The lowest BCUT2D eigenvalue weighted by atomic mass is 9.86. The summed E-state index contributed by atoms with van der Waals surface area (Å²) in [5.41, 5.74) is 4.91. The summed E-state index contributed by atoms with van der Waals surface area (Å²) in [7, 11) is 1.36. The van der Waals surface area contributed by atoms with Gasteiger partial charge in [0.1, 0.15) is 5.54 Å². The van der Waals surface area contributed by atoms with E-state index in [1.54, 1.807) is 6.92 Å². The number of carbonyl (C=O) groups excluding carboxylic acids is 1. The van der Waals surface area contributed by atoms with Gasteiger partial charge in [0.25, 0.3) is 0 Å². The fourth-order valence-corrected chi connectivity index (χ4v) is 0.845. The lowest BCUT2D eigenvalue weighted by molar-refractivity contribution is -0.148. The third-order valence-corrected chi connectivity index (χ3v) is 2.26. The normalized spacial score (nSPS) is 18.6. The monoisotopic (exact) mass is 159 g/mol. The van der Waals surface area contributed by atoms with E-state index in [9.17, 15) is 4.79 Å². The maximum Gasteiger partial charge on any atom is 0.325 e. The molecule has 0 unspecified atom stereocenters. The van der Waals surface area contributed by atoms with E-state index >= 15 is 0 Å². The molecular formula is C8H17NO2. The number of rotatable bonds is 3. The molecule has 0 rings (SSSR count). The average Bonchev–Trinajstić information content (AvgIpc) is 2.01. The Kier molecular flexibility index (Phi) is 3.52. The molecule has 0 spiro atoms. The highest BCUT2D eigenvalue weighted by atomic mass is 16.5. The van der Waals surface area contributed by atoms with E-state index in [0.717, 1.165) is 6.42 Å². The van der Waals surface area contributed by atoms with Crippen LogP contribution in [0.2, 0.25) is 0 Å². The van der Waals surface area contributed by atoms with Gasteiger partial charge in [-0.2, -0.15) is 0 Å². The van der Waals surface area contributed by atoms with Gasteiger partial charge in [0.2, 0.25) is 0 Å². The highest BCUT2D eigenvalue weighted by Crippen LogP contribution is 2.18. The van der Waals surface area contributed by atoms with E-state index in [-0.39, 0.29) is 11.9 Å². The Morgan fingerprint density at radius 3 is 2.45 bits per heavy atom. The number of methoxy groups -OCH3 is 1. The summed E-state index contributed by atoms with van der Waals surface area (Å²) in [4.78, 5) is 11.1. The molecule has 0 saturated heterocycles. The highest BCUT2D eigenvalue weighted by molar-refractivity contribution is 5.80. The third kappa shape index (κ3) is 2.19. The van der Waals surface area contributed by atoms with Crippen LogP contribution in [-0.4, -0.2) is 18.6 Å². The number of carbonyl (C=O) groups is 1. The highest BCUT2D eigenvalue weighted by Gasteiger charge is 2.34. The van der Waals surface area contributed by atoms with Crippen LogP contribution >= 0.6 is 0 Å². The van der Waals surface area contributed by atoms with Crippen molar-refractivity contribution in [3.05, 3.63) is 0 Å². The van der Waals surface area contributed by atoms with E-state index in [2.05, 4.69) is 4.74 Å². The van der Waals surface area contributed by atoms with E-state index in [1.165, 1.54) is 7.11 Å². The SMILES string of the molecule is CC[C@H](C)[C@@](C)(N)C(=O)OC. The first kappa shape index (κ1) is 10.4. The predicted octanol–water partition coefficient (Wildman–Crippen LogP) is 0.923. The van der Waals surface area contributed by atoms with Gasteiger partial charge in [0.05, 0.1) is 7.11 Å². The lowest BCUT2D eigenvalue weighted by Crippen LogP contribution is -2.50. The zero-order valence-electron chi connectivity index (χ0n) is 7.68. The minimum atomic E-state index is -0.844. The van der Waals surface area contributed by atoms with Crippen LogP contribution in [0.3, 0.4) is 0 Å². The minimum absolute atomic E-state index is 0.148. The Balaban J connectivity index is 4.31. The molecule has 66 valence electrons. The summed E-state index contributed by atoms with van der Waals surface area (Å²) in [6, 6.07) is 0. The van der Waals surface area contributed by atoms with Gasteiger partial charge in [0.15, 0.2) is 0 Å². The van der Waals surface area contributed by atoms with Gasteiger partial charge >= 0.3 is 5.97 Å². The molecule has 0 aliphatic heterocycles. The standard InChI is InChI=1S/C8H17NO2/c1-5-6(2)8(3,9)7(10)11-4/h6H,5,9H2,1-4H3/t6-,8+/m0/s1. The molecule has 2 atom stereocenters. The number of ether oxygens (including phenoxy) is 1. The van der Waals surface area contributed by atoms with Gasteiger partial charge in [-0.3, -0.25) is 4.79 Å². The number of hydrogen-bond acceptors (Lipinski definition) is 3. The summed E-state index contributed by atoms with van der Waals surface area (Å²) >= 11 is 0. The van der Waals surface area contributed by atoms with Crippen LogP contribution in [0.5, 0.6) is 0 Å². The number of hydrogen-bond donors (Lipinski definition) is 1. The van der Waals surface area contributed by atoms with Crippen molar-refractivity contribution in [3.63, 3.8) is 0 Å². The zero-order chi connectivity index (χ0) is 9.07. The molecule has 0 aliphatic carbocycles. The second-order valence-electron chi connectivity index (χ2n) is 3.08. The molecule has 0 aromatic rings. The summed E-state index contributed by atoms with van der Waals surface area (Å²) in [5, 5.41) is 0. The van der Waals surface area contributed by atoms with Gasteiger partial charge < -0.3 is 10.5 Å². The predicted molar refractivity (Wildman–Crippen MR) is 44.1 cm³/mol. The van der Waals surface area contributed by atoms with E-state index in [1.807, 2.05) is 13.8 Å². The topological polar surface area (TPSA) is 52.3 Å². The van der Waals surface area contributed by atoms with Crippen molar-refractivity contribution < 1.29 is 9.53 Å². The molecule has 0 aliphatic rings. The van der Waals surface area contributed by atoms with E-state index in [4.69, 9.17) is 5.73 Å². The van der Waals surface area contributed by atoms with Crippen LogP contribution in [0.1, 0.15) is 27.2 Å². The number of esters is 1. The van der Waals surface area contributed by atoms with Crippen LogP contribution < -0.4 is 5.73 Å². The molecule has 0 amide bonds. The zero-order valence-corrected chi connectivity index (χ0v) is 7.68. The largest absolute Gasteiger partial charge is 0.468 e. The summed E-state index contributed by atoms with van der Waals surface area (Å²) in [6.45, 7) is 5.64. The van der Waals surface area contributed by atoms with Gasteiger partial charge in [-0.25, -0.2) is 0 Å². The number of nitrogens with two attached hydrogens (primary N) is 1. The van der Waals surface area contributed by atoms with E-state index in [0.29, 0.717) is 0 Å². The fourth-order valence-electron chi connectivity index (χ4n) is 0.845. The molecule has 0 fully saturated rings. The van der Waals surface area contributed by atoms with Crippen molar-refractivity contribution in [2.45, 2.75) is 32.7 Å². The van der Waals surface area contributed by atoms with Crippen molar-refractivity contribution >= 4 is 5.97 Å². The van der Waals surface area contributed by atoms with Gasteiger partial charge in [-0.05, 0) is 12.8 Å². The Bertz CT molecular complexity index is 143. The van der Waals surface area contributed by atoms with Gasteiger partial charge in [-0.15, -0.1) is 0 Å². The summed E-state index contributed by atoms with van der Waals surface area (Å²) < 4.78 is 4.57. The second-order valence-corrected chi connectivity index (χ2v) is 3.08. The average molecular weight is 159 g/mol. The molecule has 0 heterocycles. The van der Waals surface area contributed by atoms with Crippen LogP contribution in [0.4, 0.5) is 0 Å². The summed E-state index contributed by atoms with van der Waals surface area (Å²) in [5.74, 6) is -0.193. The minimum Gasteiger partial charge on any atom is -0.468 e.